The minimum atomic E-state index is -0.845. The number of rotatable bonds is 6. The number of primary amides is 2. The van der Waals surface area contributed by atoms with Gasteiger partial charge in [0.1, 0.15) is 5.82 Å². The van der Waals surface area contributed by atoms with Crippen LogP contribution in [0.4, 0.5) is 21.7 Å². The van der Waals surface area contributed by atoms with Crippen molar-refractivity contribution in [1.29, 1.82) is 0 Å². The summed E-state index contributed by atoms with van der Waals surface area (Å²) in [7, 11) is 0. The van der Waals surface area contributed by atoms with E-state index in [4.69, 9.17) is 11.5 Å². The third-order valence-corrected chi connectivity index (χ3v) is 3.54. The van der Waals surface area contributed by atoms with Crippen LogP contribution >= 0.6 is 0 Å². The molecule has 26 heavy (non-hydrogen) atoms. The number of nitrogens with two attached hydrogens (primary N) is 2. The Morgan fingerprint density at radius 1 is 1.12 bits per heavy atom. The Kier molecular flexibility index (Phi) is 4.61. The Morgan fingerprint density at radius 3 is 2.65 bits per heavy atom. The molecule has 9 heteroatoms. The highest BCUT2D eigenvalue weighted by atomic mass is 19.1. The van der Waals surface area contributed by atoms with Crippen molar-refractivity contribution >= 4 is 40.0 Å². The summed E-state index contributed by atoms with van der Waals surface area (Å²) in [6, 6.07) is 9.95. The molecule has 0 fully saturated rings. The molecule has 0 aliphatic rings. The van der Waals surface area contributed by atoms with Gasteiger partial charge in [-0.1, -0.05) is 6.07 Å². The second-order valence-electron chi connectivity index (χ2n) is 5.43. The van der Waals surface area contributed by atoms with Gasteiger partial charge >= 0.3 is 0 Å². The van der Waals surface area contributed by atoms with Gasteiger partial charge in [-0.3, -0.25) is 14.6 Å². The van der Waals surface area contributed by atoms with Crippen molar-refractivity contribution in [3.05, 3.63) is 54.0 Å². The van der Waals surface area contributed by atoms with Gasteiger partial charge in [0.05, 0.1) is 17.6 Å². The number of amides is 2. The van der Waals surface area contributed by atoms with Crippen LogP contribution in [0.5, 0.6) is 0 Å². The molecular formula is C17H15FN6O2. The van der Waals surface area contributed by atoms with Crippen LogP contribution in [-0.2, 0) is 4.79 Å². The topological polar surface area (TPSA) is 136 Å². The summed E-state index contributed by atoms with van der Waals surface area (Å²) in [5.41, 5.74) is 11.6. The van der Waals surface area contributed by atoms with Crippen LogP contribution in [0.2, 0.25) is 0 Å². The van der Waals surface area contributed by atoms with Crippen molar-refractivity contribution in [3.63, 3.8) is 0 Å². The third-order valence-electron chi connectivity index (χ3n) is 3.54. The molecule has 0 spiro atoms. The summed E-state index contributed by atoms with van der Waals surface area (Å²) in [6.07, 6.45) is 1.68. The highest BCUT2D eigenvalue weighted by molar-refractivity contribution is 5.99. The standard InChI is InChI=1S/C17H15FN6O2/c18-12-7-11(15(20)26)16(24-17(12)22-8-14(19)25)23-10-3-4-13-9(6-10)2-1-5-21-13/h1-7H,8H2,(H2,19,25)(H2,20,26)(H2,22,23,24). The van der Waals surface area contributed by atoms with Gasteiger partial charge in [0.2, 0.25) is 5.91 Å². The van der Waals surface area contributed by atoms with Crippen LogP contribution in [0, 0.1) is 5.82 Å². The molecule has 2 amide bonds. The zero-order chi connectivity index (χ0) is 18.7. The molecule has 2 heterocycles. The molecule has 0 bridgehead atoms. The molecule has 2 aromatic heterocycles. The molecule has 3 rings (SSSR count). The van der Waals surface area contributed by atoms with Crippen LogP contribution in [0.25, 0.3) is 10.9 Å². The highest BCUT2D eigenvalue weighted by Crippen LogP contribution is 2.25. The average molecular weight is 354 g/mol. The van der Waals surface area contributed by atoms with E-state index >= 15 is 0 Å². The zero-order valence-electron chi connectivity index (χ0n) is 13.5. The van der Waals surface area contributed by atoms with E-state index in [1.165, 1.54) is 0 Å². The number of halogens is 1. The molecule has 8 nitrogen and oxygen atoms in total. The lowest BCUT2D eigenvalue weighted by atomic mass is 10.2. The molecule has 3 aromatic rings. The lowest BCUT2D eigenvalue weighted by Gasteiger charge is -2.13. The first-order valence-corrected chi connectivity index (χ1v) is 7.58. The maximum atomic E-state index is 14.1. The van der Waals surface area contributed by atoms with Crippen LogP contribution in [0.3, 0.4) is 0 Å². The SMILES string of the molecule is NC(=O)CNc1nc(Nc2ccc3ncccc3c2)c(C(N)=O)cc1F. The Morgan fingerprint density at radius 2 is 1.92 bits per heavy atom. The van der Waals surface area contributed by atoms with Gasteiger partial charge in [-0.25, -0.2) is 9.37 Å². The largest absolute Gasteiger partial charge is 0.368 e. The fourth-order valence-electron chi connectivity index (χ4n) is 2.36. The number of hydrogen-bond acceptors (Lipinski definition) is 6. The van der Waals surface area contributed by atoms with E-state index in [2.05, 4.69) is 20.6 Å². The average Bonchev–Trinajstić information content (AvgIpc) is 2.61. The van der Waals surface area contributed by atoms with Gasteiger partial charge < -0.3 is 22.1 Å². The smallest absolute Gasteiger partial charge is 0.252 e. The molecule has 6 N–H and O–H groups in total. The van der Waals surface area contributed by atoms with Gasteiger partial charge in [-0.05, 0) is 30.3 Å². The normalized spacial score (nSPS) is 10.5. The highest BCUT2D eigenvalue weighted by Gasteiger charge is 2.16. The van der Waals surface area contributed by atoms with E-state index in [0.717, 1.165) is 17.0 Å². The summed E-state index contributed by atoms with van der Waals surface area (Å²) in [4.78, 5) is 30.7. The van der Waals surface area contributed by atoms with Crippen molar-refractivity contribution in [1.82, 2.24) is 9.97 Å². The van der Waals surface area contributed by atoms with E-state index in [0.29, 0.717) is 5.69 Å². The number of aromatic nitrogens is 2. The first-order chi connectivity index (χ1) is 12.4. The van der Waals surface area contributed by atoms with Crippen LogP contribution < -0.4 is 22.1 Å². The molecule has 0 aliphatic carbocycles. The molecule has 0 radical (unpaired) electrons. The van der Waals surface area contributed by atoms with Crippen molar-refractivity contribution < 1.29 is 14.0 Å². The van der Waals surface area contributed by atoms with Gasteiger partial charge in [-0.2, -0.15) is 0 Å². The third kappa shape index (κ3) is 3.66. The molecule has 132 valence electrons. The van der Waals surface area contributed by atoms with Gasteiger partial charge in [0.15, 0.2) is 11.6 Å². The number of benzene rings is 1. The molecule has 0 unspecified atom stereocenters. The number of nitrogens with one attached hydrogen (secondary N) is 2. The number of anilines is 3. The van der Waals surface area contributed by atoms with Gasteiger partial charge in [0, 0.05) is 17.3 Å². The predicted octanol–water partition coefficient (Wildman–Crippen LogP) is 1.51. The number of hydrogen-bond donors (Lipinski definition) is 4. The van der Waals surface area contributed by atoms with Crippen molar-refractivity contribution in [3.8, 4) is 0 Å². The summed E-state index contributed by atoms with van der Waals surface area (Å²) < 4.78 is 14.1. The molecule has 0 saturated carbocycles. The summed E-state index contributed by atoms with van der Waals surface area (Å²) >= 11 is 0. The summed E-state index contributed by atoms with van der Waals surface area (Å²) in [6.45, 7) is -0.305. The maximum Gasteiger partial charge on any atom is 0.252 e. The van der Waals surface area contributed by atoms with E-state index in [9.17, 15) is 14.0 Å². The van der Waals surface area contributed by atoms with Gasteiger partial charge in [0.25, 0.3) is 5.91 Å². The first-order valence-electron chi connectivity index (χ1n) is 7.58. The van der Waals surface area contributed by atoms with Crippen molar-refractivity contribution in [2.75, 3.05) is 17.2 Å². The lowest BCUT2D eigenvalue weighted by molar-refractivity contribution is -0.116. The molecular weight excluding hydrogens is 339 g/mol. The fourth-order valence-corrected chi connectivity index (χ4v) is 2.36. The van der Waals surface area contributed by atoms with Crippen molar-refractivity contribution in [2.45, 2.75) is 0 Å². The second-order valence-corrected chi connectivity index (χ2v) is 5.43. The zero-order valence-corrected chi connectivity index (χ0v) is 13.5. The van der Waals surface area contributed by atoms with Crippen LogP contribution in [0.1, 0.15) is 10.4 Å². The first kappa shape index (κ1) is 17.1. The molecule has 0 atom stereocenters. The molecule has 1 aromatic carbocycles. The Bertz CT molecular complexity index is 1010. The number of nitrogens with zero attached hydrogens (tertiary/aromatic N) is 2. The summed E-state index contributed by atoms with van der Waals surface area (Å²) in [5.74, 6) is -2.52. The minimum absolute atomic E-state index is 0.0501. The number of carbonyl (C=O) groups excluding carboxylic acids is 2. The number of pyridine rings is 2. The number of carbonyl (C=O) groups is 2. The second kappa shape index (κ2) is 7.01. The Balaban J connectivity index is 1.98. The van der Waals surface area contributed by atoms with E-state index in [1.807, 2.05) is 6.07 Å². The van der Waals surface area contributed by atoms with Crippen molar-refractivity contribution in [2.24, 2.45) is 11.5 Å². The Labute approximate surface area is 147 Å². The molecule has 0 saturated heterocycles. The quantitative estimate of drug-likeness (QED) is 0.530. The minimum Gasteiger partial charge on any atom is -0.368 e. The van der Waals surface area contributed by atoms with Crippen LogP contribution in [0.15, 0.2) is 42.6 Å². The number of fused-ring (bicyclic) bond motifs is 1. The van der Waals surface area contributed by atoms with E-state index in [-0.39, 0.29) is 23.7 Å². The van der Waals surface area contributed by atoms with E-state index in [1.54, 1.807) is 30.5 Å². The lowest BCUT2D eigenvalue weighted by Crippen LogP contribution is -2.23. The van der Waals surface area contributed by atoms with E-state index < -0.39 is 17.6 Å². The monoisotopic (exact) mass is 354 g/mol. The Hall–Kier alpha value is -3.75. The predicted molar refractivity (Wildman–Crippen MR) is 95.4 cm³/mol. The summed E-state index contributed by atoms with van der Waals surface area (Å²) in [5, 5.41) is 6.28. The fraction of sp³-hybridized carbons (Fsp3) is 0.0588. The van der Waals surface area contributed by atoms with Crippen LogP contribution in [-0.4, -0.2) is 28.3 Å². The van der Waals surface area contributed by atoms with Gasteiger partial charge in [-0.15, -0.1) is 0 Å². The molecule has 0 aliphatic heterocycles. The maximum absolute atomic E-state index is 14.1.